The first kappa shape index (κ1) is 25.5. The zero-order valence-corrected chi connectivity index (χ0v) is 21.5. The summed E-state index contributed by atoms with van der Waals surface area (Å²) in [6.07, 6.45) is 0.418. The van der Waals surface area contributed by atoms with Gasteiger partial charge >= 0.3 is 0 Å². The van der Waals surface area contributed by atoms with Gasteiger partial charge in [0, 0.05) is 24.0 Å². The van der Waals surface area contributed by atoms with E-state index in [0.717, 1.165) is 26.7 Å². The molecule has 178 valence electrons. The van der Waals surface area contributed by atoms with Crippen LogP contribution in [0.1, 0.15) is 29.2 Å². The van der Waals surface area contributed by atoms with E-state index in [4.69, 9.17) is 4.74 Å². The Morgan fingerprint density at radius 2 is 1.68 bits per heavy atom. The molecule has 6 heteroatoms. The fraction of sp³-hybridized carbons (Fsp3) is 0.286. The lowest BCUT2D eigenvalue weighted by Gasteiger charge is -2.31. The molecule has 3 rings (SSSR count). The molecule has 0 aliphatic rings. The average Bonchev–Trinajstić information content (AvgIpc) is 2.83. The average molecular weight is 523 g/mol. The highest BCUT2D eigenvalue weighted by Gasteiger charge is 2.30. The Balaban J connectivity index is 1.90. The van der Waals surface area contributed by atoms with Gasteiger partial charge in [-0.3, -0.25) is 9.59 Å². The molecule has 1 atom stereocenters. The molecule has 3 aromatic rings. The first-order valence-corrected chi connectivity index (χ1v) is 12.2. The van der Waals surface area contributed by atoms with Crippen LogP contribution in [-0.2, 0) is 22.6 Å². The van der Waals surface area contributed by atoms with Gasteiger partial charge in [-0.1, -0.05) is 70.5 Å². The molecule has 0 aliphatic carbocycles. The summed E-state index contributed by atoms with van der Waals surface area (Å²) in [5.74, 6) is 0.200. The van der Waals surface area contributed by atoms with E-state index in [1.807, 2.05) is 93.6 Å². The van der Waals surface area contributed by atoms with Crippen molar-refractivity contribution in [2.45, 2.75) is 39.8 Å². The second-order valence-corrected chi connectivity index (χ2v) is 9.10. The van der Waals surface area contributed by atoms with Gasteiger partial charge in [0.05, 0.1) is 0 Å². The zero-order chi connectivity index (χ0) is 24.5. The zero-order valence-electron chi connectivity index (χ0n) is 19.9. The van der Waals surface area contributed by atoms with E-state index in [-0.39, 0.29) is 18.4 Å². The normalized spacial score (nSPS) is 11.5. The van der Waals surface area contributed by atoms with E-state index in [1.54, 1.807) is 4.90 Å². The minimum absolute atomic E-state index is 0.155. The maximum atomic E-state index is 13.5. The fourth-order valence-corrected chi connectivity index (χ4v) is 4.00. The smallest absolute Gasteiger partial charge is 0.261 e. The number of carbonyl (C=O) groups is 2. The number of halogens is 1. The number of carbonyl (C=O) groups excluding carboxylic acids is 2. The Morgan fingerprint density at radius 1 is 0.971 bits per heavy atom. The maximum Gasteiger partial charge on any atom is 0.261 e. The summed E-state index contributed by atoms with van der Waals surface area (Å²) >= 11 is 3.48. The van der Waals surface area contributed by atoms with E-state index in [1.165, 1.54) is 0 Å². The molecule has 0 saturated heterocycles. The van der Waals surface area contributed by atoms with Gasteiger partial charge in [-0.2, -0.15) is 0 Å². The van der Waals surface area contributed by atoms with Crippen molar-refractivity contribution in [1.29, 1.82) is 0 Å². The molecule has 5 nitrogen and oxygen atoms in total. The molecule has 0 heterocycles. The second kappa shape index (κ2) is 12.4. The minimum Gasteiger partial charge on any atom is -0.484 e. The van der Waals surface area contributed by atoms with Crippen LogP contribution < -0.4 is 10.1 Å². The minimum atomic E-state index is -0.662. The summed E-state index contributed by atoms with van der Waals surface area (Å²) in [4.78, 5) is 28.4. The molecule has 0 radical (unpaired) electrons. The van der Waals surface area contributed by atoms with Crippen LogP contribution in [0, 0.1) is 13.8 Å². The van der Waals surface area contributed by atoms with Gasteiger partial charge in [-0.25, -0.2) is 0 Å². The van der Waals surface area contributed by atoms with Crippen molar-refractivity contribution in [1.82, 2.24) is 10.2 Å². The Morgan fingerprint density at radius 3 is 2.35 bits per heavy atom. The Bertz CT molecular complexity index is 1120. The molecular weight excluding hydrogens is 492 g/mol. The third-order valence-electron chi connectivity index (χ3n) is 5.72. The van der Waals surface area contributed by atoms with Crippen LogP contribution in [0.4, 0.5) is 0 Å². The van der Waals surface area contributed by atoms with E-state index in [2.05, 4.69) is 21.2 Å². The summed E-state index contributed by atoms with van der Waals surface area (Å²) in [6, 6.07) is 22.6. The molecular formula is C28H31BrN2O3. The van der Waals surface area contributed by atoms with E-state index in [0.29, 0.717) is 25.3 Å². The number of amides is 2. The predicted octanol–water partition coefficient (Wildman–Crippen LogP) is 5.22. The Labute approximate surface area is 210 Å². The molecule has 1 unspecified atom stereocenters. The number of likely N-dealkylation sites (N-methyl/N-ethyl adjacent to an activating group) is 1. The summed E-state index contributed by atoms with van der Waals surface area (Å²) in [7, 11) is 0. The van der Waals surface area contributed by atoms with E-state index < -0.39 is 6.04 Å². The highest BCUT2D eigenvalue weighted by atomic mass is 79.9. The molecule has 2 amide bonds. The third-order valence-corrected chi connectivity index (χ3v) is 6.61. The van der Waals surface area contributed by atoms with Crippen molar-refractivity contribution >= 4 is 27.7 Å². The van der Waals surface area contributed by atoms with Gasteiger partial charge in [-0.05, 0) is 61.2 Å². The van der Waals surface area contributed by atoms with Crippen LogP contribution in [-0.4, -0.2) is 35.9 Å². The lowest BCUT2D eigenvalue weighted by molar-refractivity contribution is -0.142. The predicted molar refractivity (Wildman–Crippen MR) is 139 cm³/mol. The van der Waals surface area contributed by atoms with Crippen LogP contribution in [0.3, 0.4) is 0 Å². The molecule has 0 aromatic heterocycles. The number of benzene rings is 3. The van der Waals surface area contributed by atoms with Gasteiger partial charge in [0.15, 0.2) is 6.61 Å². The first-order valence-electron chi connectivity index (χ1n) is 11.4. The van der Waals surface area contributed by atoms with E-state index >= 15 is 0 Å². The fourth-order valence-electron chi connectivity index (χ4n) is 3.75. The molecule has 1 N–H and O–H groups in total. The van der Waals surface area contributed by atoms with Crippen molar-refractivity contribution in [3.63, 3.8) is 0 Å². The summed E-state index contributed by atoms with van der Waals surface area (Å²) in [5.41, 5.74) is 4.08. The maximum absolute atomic E-state index is 13.5. The highest BCUT2D eigenvalue weighted by Crippen LogP contribution is 2.22. The molecule has 0 saturated carbocycles. The van der Waals surface area contributed by atoms with Gasteiger partial charge in [0.1, 0.15) is 11.8 Å². The van der Waals surface area contributed by atoms with Crippen LogP contribution in [0.15, 0.2) is 77.3 Å². The Hall–Kier alpha value is -3.12. The second-order valence-electron chi connectivity index (χ2n) is 8.25. The van der Waals surface area contributed by atoms with Crippen LogP contribution in [0.25, 0.3) is 0 Å². The van der Waals surface area contributed by atoms with Crippen molar-refractivity contribution < 1.29 is 14.3 Å². The number of nitrogens with zero attached hydrogens (tertiary/aromatic N) is 1. The molecule has 0 fully saturated rings. The van der Waals surface area contributed by atoms with Crippen LogP contribution in [0.2, 0.25) is 0 Å². The van der Waals surface area contributed by atoms with Crippen molar-refractivity contribution in [2.75, 3.05) is 13.2 Å². The number of nitrogens with one attached hydrogen (secondary N) is 1. The third kappa shape index (κ3) is 6.94. The topological polar surface area (TPSA) is 58.6 Å². The monoisotopic (exact) mass is 522 g/mol. The number of ether oxygens (including phenoxy) is 1. The van der Waals surface area contributed by atoms with Crippen LogP contribution >= 0.6 is 15.9 Å². The molecule has 0 aliphatic heterocycles. The summed E-state index contributed by atoms with van der Waals surface area (Å²) < 4.78 is 6.83. The molecule has 3 aromatic carbocycles. The lowest BCUT2D eigenvalue weighted by Crippen LogP contribution is -2.51. The number of hydrogen-bond acceptors (Lipinski definition) is 3. The van der Waals surface area contributed by atoms with Gasteiger partial charge < -0.3 is 15.0 Å². The number of aryl methyl sites for hydroxylation is 2. The summed E-state index contributed by atoms with van der Waals surface area (Å²) in [6.45, 7) is 6.52. The standard InChI is InChI=1S/C28H31BrN2O3/c1-4-30-28(33)26(17-22-11-6-5-7-12-22)31(18-23-13-9-8-10-20(23)2)27(32)19-34-24-14-15-25(29)21(3)16-24/h5-16,26H,4,17-19H2,1-3H3,(H,30,33). The Kier molecular flexibility index (Phi) is 9.28. The van der Waals surface area contributed by atoms with Gasteiger partial charge in [0.25, 0.3) is 5.91 Å². The number of hydrogen-bond donors (Lipinski definition) is 1. The molecule has 34 heavy (non-hydrogen) atoms. The number of rotatable bonds is 10. The van der Waals surface area contributed by atoms with Crippen LogP contribution in [0.5, 0.6) is 5.75 Å². The van der Waals surface area contributed by atoms with Gasteiger partial charge in [-0.15, -0.1) is 0 Å². The quantitative estimate of drug-likeness (QED) is 0.397. The SMILES string of the molecule is CCNC(=O)C(Cc1ccccc1)N(Cc1ccccc1C)C(=O)COc1ccc(Br)c(C)c1. The van der Waals surface area contributed by atoms with Gasteiger partial charge in [0.2, 0.25) is 5.91 Å². The summed E-state index contributed by atoms with van der Waals surface area (Å²) in [5, 5.41) is 2.91. The van der Waals surface area contributed by atoms with Crippen molar-refractivity contribution in [2.24, 2.45) is 0 Å². The molecule has 0 spiro atoms. The highest BCUT2D eigenvalue weighted by molar-refractivity contribution is 9.10. The van der Waals surface area contributed by atoms with Crippen molar-refractivity contribution in [3.05, 3.63) is 99.5 Å². The largest absolute Gasteiger partial charge is 0.484 e. The molecule has 0 bridgehead atoms. The van der Waals surface area contributed by atoms with E-state index in [9.17, 15) is 9.59 Å². The van der Waals surface area contributed by atoms with Crippen molar-refractivity contribution in [3.8, 4) is 5.75 Å². The lowest BCUT2D eigenvalue weighted by atomic mass is 10.0. The first-order chi connectivity index (χ1) is 16.4.